The van der Waals surface area contributed by atoms with E-state index in [1.54, 1.807) is 12.1 Å². The van der Waals surface area contributed by atoms with Crippen molar-refractivity contribution in [1.82, 2.24) is 0 Å². The van der Waals surface area contributed by atoms with Crippen LogP contribution in [-0.4, -0.2) is 14.1 Å². The van der Waals surface area contributed by atoms with Gasteiger partial charge in [0.1, 0.15) is 18.2 Å². The third kappa shape index (κ3) is 3.37. The third-order valence-corrected chi connectivity index (χ3v) is 2.80. The van der Waals surface area contributed by atoms with Gasteiger partial charge in [-0.1, -0.05) is 12.1 Å². The van der Waals surface area contributed by atoms with Crippen LogP contribution in [0.2, 0.25) is 0 Å². The molecule has 0 saturated heterocycles. The van der Waals surface area contributed by atoms with E-state index < -0.39 is 0 Å². The zero-order valence-electron chi connectivity index (χ0n) is 11.1. The molecule has 0 bridgehead atoms. The number of anilines is 2. The lowest BCUT2D eigenvalue weighted by atomic mass is 10.2. The number of halogens is 1. The Hall–Kier alpha value is -2.23. The van der Waals surface area contributed by atoms with Gasteiger partial charge in [0.25, 0.3) is 0 Å². The van der Waals surface area contributed by atoms with E-state index in [0.717, 1.165) is 11.3 Å². The van der Waals surface area contributed by atoms with Crippen molar-refractivity contribution in [3.63, 3.8) is 0 Å². The van der Waals surface area contributed by atoms with E-state index in [1.165, 1.54) is 12.1 Å². The summed E-state index contributed by atoms with van der Waals surface area (Å²) >= 11 is 0. The molecule has 19 heavy (non-hydrogen) atoms. The zero-order chi connectivity index (χ0) is 13.8. The number of nitrogens with zero attached hydrogens (tertiary/aromatic N) is 1. The van der Waals surface area contributed by atoms with E-state index >= 15 is 0 Å². The van der Waals surface area contributed by atoms with Crippen LogP contribution in [0, 0.1) is 5.82 Å². The average Bonchev–Trinajstić information content (AvgIpc) is 2.37. The molecule has 0 atom stereocenters. The molecule has 2 rings (SSSR count). The number of hydrogen-bond donors (Lipinski definition) is 1. The first-order valence-electron chi connectivity index (χ1n) is 6.00. The Morgan fingerprint density at radius 2 is 1.95 bits per heavy atom. The van der Waals surface area contributed by atoms with Crippen LogP contribution in [0.4, 0.5) is 15.8 Å². The Bertz CT molecular complexity index is 570. The van der Waals surface area contributed by atoms with Gasteiger partial charge in [-0.3, -0.25) is 0 Å². The second kappa shape index (κ2) is 5.61. The summed E-state index contributed by atoms with van der Waals surface area (Å²) < 4.78 is 18.7. The van der Waals surface area contributed by atoms with Crippen molar-refractivity contribution in [3.8, 4) is 5.75 Å². The molecule has 0 heterocycles. The Morgan fingerprint density at radius 3 is 2.63 bits per heavy atom. The number of rotatable bonds is 4. The van der Waals surface area contributed by atoms with E-state index in [4.69, 9.17) is 10.5 Å². The molecule has 2 aromatic rings. The maximum absolute atomic E-state index is 13.1. The van der Waals surface area contributed by atoms with Crippen molar-refractivity contribution in [2.24, 2.45) is 0 Å². The monoisotopic (exact) mass is 260 g/mol. The summed E-state index contributed by atoms with van der Waals surface area (Å²) in [5.41, 5.74) is 8.21. The van der Waals surface area contributed by atoms with E-state index in [9.17, 15) is 4.39 Å². The Morgan fingerprint density at radius 1 is 1.16 bits per heavy atom. The molecule has 0 aliphatic carbocycles. The first-order valence-corrected chi connectivity index (χ1v) is 6.00. The van der Waals surface area contributed by atoms with E-state index in [-0.39, 0.29) is 5.82 Å². The topological polar surface area (TPSA) is 38.5 Å². The smallest absolute Gasteiger partial charge is 0.144 e. The Balaban J connectivity index is 2.12. The predicted molar refractivity (Wildman–Crippen MR) is 75.9 cm³/mol. The van der Waals surface area contributed by atoms with Crippen molar-refractivity contribution in [2.45, 2.75) is 6.61 Å². The van der Waals surface area contributed by atoms with Gasteiger partial charge in [-0.05, 0) is 29.8 Å². The van der Waals surface area contributed by atoms with Crippen LogP contribution in [0.1, 0.15) is 5.56 Å². The van der Waals surface area contributed by atoms with Crippen molar-refractivity contribution in [1.29, 1.82) is 0 Å². The van der Waals surface area contributed by atoms with Gasteiger partial charge in [-0.25, -0.2) is 4.39 Å². The van der Waals surface area contributed by atoms with Crippen LogP contribution in [-0.2, 0) is 6.61 Å². The van der Waals surface area contributed by atoms with Crippen molar-refractivity contribution in [3.05, 3.63) is 53.8 Å². The molecule has 0 aliphatic rings. The summed E-state index contributed by atoms with van der Waals surface area (Å²) in [6.07, 6.45) is 0. The highest BCUT2D eigenvalue weighted by molar-refractivity contribution is 5.61. The molecule has 0 saturated carbocycles. The fraction of sp³-hybridized carbons (Fsp3) is 0.200. The molecule has 2 aromatic carbocycles. The molecule has 0 spiro atoms. The van der Waals surface area contributed by atoms with Crippen LogP contribution < -0.4 is 15.4 Å². The van der Waals surface area contributed by atoms with E-state index in [2.05, 4.69) is 0 Å². The summed E-state index contributed by atoms with van der Waals surface area (Å²) in [7, 11) is 3.89. The number of benzene rings is 2. The van der Waals surface area contributed by atoms with Gasteiger partial charge in [0.15, 0.2) is 0 Å². The van der Waals surface area contributed by atoms with Gasteiger partial charge >= 0.3 is 0 Å². The molecule has 100 valence electrons. The molecule has 3 nitrogen and oxygen atoms in total. The molecule has 4 heteroatoms. The number of nitrogen functional groups attached to an aromatic ring is 1. The van der Waals surface area contributed by atoms with E-state index in [0.29, 0.717) is 18.0 Å². The second-order valence-corrected chi connectivity index (χ2v) is 4.54. The van der Waals surface area contributed by atoms with Crippen molar-refractivity contribution >= 4 is 11.4 Å². The van der Waals surface area contributed by atoms with Gasteiger partial charge in [0.2, 0.25) is 0 Å². The third-order valence-electron chi connectivity index (χ3n) is 2.80. The summed E-state index contributed by atoms with van der Waals surface area (Å²) in [5.74, 6) is 0.339. The minimum absolute atomic E-state index is 0.267. The van der Waals surface area contributed by atoms with Crippen molar-refractivity contribution < 1.29 is 9.13 Å². The fourth-order valence-electron chi connectivity index (χ4n) is 1.71. The lowest BCUT2D eigenvalue weighted by Gasteiger charge is -2.15. The molecule has 0 aliphatic heterocycles. The first kappa shape index (κ1) is 13.2. The Kier molecular flexibility index (Phi) is 3.90. The highest BCUT2D eigenvalue weighted by Crippen LogP contribution is 2.27. The average molecular weight is 260 g/mol. The maximum atomic E-state index is 13.1. The van der Waals surface area contributed by atoms with Crippen LogP contribution in [0.5, 0.6) is 5.75 Å². The fourth-order valence-corrected chi connectivity index (χ4v) is 1.71. The SMILES string of the molecule is CN(C)c1ccc(N)c(OCc2cccc(F)c2)c1. The van der Waals surface area contributed by atoms with Crippen LogP contribution in [0.3, 0.4) is 0 Å². The highest BCUT2D eigenvalue weighted by Gasteiger charge is 2.04. The molecule has 0 unspecified atom stereocenters. The normalized spacial score (nSPS) is 10.3. The number of hydrogen-bond acceptors (Lipinski definition) is 3. The minimum atomic E-state index is -0.267. The number of nitrogens with two attached hydrogens (primary N) is 1. The molecular weight excluding hydrogens is 243 g/mol. The quantitative estimate of drug-likeness (QED) is 0.859. The van der Waals surface area contributed by atoms with Crippen LogP contribution >= 0.6 is 0 Å². The van der Waals surface area contributed by atoms with Gasteiger partial charge in [0, 0.05) is 25.8 Å². The molecule has 0 amide bonds. The second-order valence-electron chi connectivity index (χ2n) is 4.54. The Labute approximate surface area is 112 Å². The summed E-state index contributed by atoms with van der Waals surface area (Å²) in [6.45, 7) is 0.291. The van der Waals surface area contributed by atoms with Gasteiger partial charge in [-0.2, -0.15) is 0 Å². The summed E-state index contributed by atoms with van der Waals surface area (Å²) in [6, 6.07) is 11.9. The van der Waals surface area contributed by atoms with Crippen molar-refractivity contribution in [2.75, 3.05) is 24.7 Å². The largest absolute Gasteiger partial charge is 0.487 e. The first-order chi connectivity index (χ1) is 9.06. The summed E-state index contributed by atoms with van der Waals surface area (Å²) in [5, 5.41) is 0. The predicted octanol–water partition coefficient (Wildman–Crippen LogP) is 3.05. The molecule has 0 fully saturated rings. The lowest BCUT2D eigenvalue weighted by molar-refractivity contribution is 0.307. The van der Waals surface area contributed by atoms with E-state index in [1.807, 2.05) is 37.2 Å². The van der Waals surface area contributed by atoms with Gasteiger partial charge in [-0.15, -0.1) is 0 Å². The molecule has 0 aromatic heterocycles. The zero-order valence-corrected chi connectivity index (χ0v) is 11.1. The minimum Gasteiger partial charge on any atom is -0.487 e. The van der Waals surface area contributed by atoms with Crippen LogP contribution in [0.15, 0.2) is 42.5 Å². The van der Waals surface area contributed by atoms with Gasteiger partial charge < -0.3 is 15.4 Å². The standard InChI is InChI=1S/C15H17FN2O/c1-18(2)13-6-7-14(17)15(9-13)19-10-11-4-3-5-12(16)8-11/h3-9H,10,17H2,1-2H3. The highest BCUT2D eigenvalue weighted by atomic mass is 19.1. The van der Waals surface area contributed by atoms with Gasteiger partial charge in [0.05, 0.1) is 5.69 Å². The van der Waals surface area contributed by atoms with Crippen LogP contribution in [0.25, 0.3) is 0 Å². The summed E-state index contributed by atoms with van der Waals surface area (Å²) in [4.78, 5) is 1.97. The molecule has 2 N–H and O–H groups in total. The maximum Gasteiger partial charge on any atom is 0.144 e. The molecule has 0 radical (unpaired) electrons. The molecular formula is C15H17FN2O. The lowest BCUT2D eigenvalue weighted by Crippen LogP contribution is -2.09. The number of ether oxygens (including phenoxy) is 1.